The van der Waals surface area contributed by atoms with Gasteiger partial charge in [0, 0.05) is 36.4 Å². The molecule has 0 bridgehead atoms. The number of carbonyl (C=O) groups excluding carboxylic acids is 1. The van der Waals surface area contributed by atoms with Crippen LogP contribution in [0.15, 0.2) is 42.6 Å². The molecular weight excluding hydrogens is 432 g/mol. The van der Waals surface area contributed by atoms with Gasteiger partial charge in [-0.15, -0.1) is 0 Å². The van der Waals surface area contributed by atoms with Gasteiger partial charge in [0.05, 0.1) is 36.6 Å². The number of para-hydroxylation sites is 1. The van der Waals surface area contributed by atoms with E-state index in [1.165, 1.54) is 6.20 Å². The van der Waals surface area contributed by atoms with Crippen LogP contribution in [0.1, 0.15) is 35.2 Å². The molecule has 4 rings (SSSR count). The number of piperidine rings is 1. The average Bonchev–Trinajstić information content (AvgIpc) is 2.82. The zero-order valence-electron chi connectivity index (χ0n) is 19.7. The van der Waals surface area contributed by atoms with Crippen molar-refractivity contribution in [1.82, 2.24) is 9.88 Å². The van der Waals surface area contributed by atoms with Crippen molar-refractivity contribution in [2.45, 2.75) is 32.3 Å². The average molecular weight is 465 g/mol. The Balaban J connectivity index is 1.57. The fraction of sp³-hybridized carbons (Fsp3) is 0.385. The maximum atomic E-state index is 12.2. The monoisotopic (exact) mass is 464 g/mol. The molecule has 1 unspecified atom stereocenters. The van der Waals surface area contributed by atoms with Crippen LogP contribution < -0.4 is 20.5 Å². The van der Waals surface area contributed by atoms with Gasteiger partial charge in [-0.1, -0.05) is 18.2 Å². The second-order valence-electron chi connectivity index (χ2n) is 8.67. The Bertz CT molecular complexity index is 1170. The number of aliphatic hydroxyl groups is 1. The highest BCUT2D eigenvalue weighted by atomic mass is 16.5. The second kappa shape index (κ2) is 10.7. The number of nitrogens with two attached hydrogens (primary N) is 1. The third kappa shape index (κ3) is 5.40. The third-order valence-electron chi connectivity index (χ3n) is 6.18. The zero-order valence-corrected chi connectivity index (χ0v) is 19.7. The molecule has 2 heterocycles. The number of primary amides is 1. The van der Waals surface area contributed by atoms with Crippen LogP contribution in [-0.2, 0) is 0 Å². The van der Waals surface area contributed by atoms with Gasteiger partial charge < -0.3 is 30.5 Å². The summed E-state index contributed by atoms with van der Waals surface area (Å²) in [5.41, 5.74) is 9.11. The van der Waals surface area contributed by atoms with Crippen molar-refractivity contribution < 1.29 is 19.4 Å². The van der Waals surface area contributed by atoms with Crippen molar-refractivity contribution in [3.63, 3.8) is 0 Å². The maximum absolute atomic E-state index is 12.2. The SMILES string of the molecule is COc1cc2c(Nc3ccccc3C)c(C(N)=O)cnc2cc1OCCCN1CCCC(O)C1. The normalized spacial score (nSPS) is 16.4. The van der Waals surface area contributed by atoms with Gasteiger partial charge in [-0.3, -0.25) is 9.78 Å². The summed E-state index contributed by atoms with van der Waals surface area (Å²) in [4.78, 5) is 18.9. The highest BCUT2D eigenvalue weighted by molar-refractivity contribution is 6.08. The second-order valence-corrected chi connectivity index (χ2v) is 8.67. The summed E-state index contributed by atoms with van der Waals surface area (Å²) >= 11 is 0. The Hall–Kier alpha value is -3.36. The summed E-state index contributed by atoms with van der Waals surface area (Å²) in [6, 6.07) is 11.5. The topological polar surface area (TPSA) is 110 Å². The number of benzene rings is 2. The number of amides is 1. The van der Waals surface area contributed by atoms with Crippen molar-refractivity contribution in [3.05, 3.63) is 53.7 Å². The van der Waals surface area contributed by atoms with Crippen LogP contribution in [0.25, 0.3) is 10.9 Å². The number of aryl methyl sites for hydroxylation is 1. The van der Waals surface area contributed by atoms with E-state index in [0.29, 0.717) is 40.3 Å². The molecule has 8 nitrogen and oxygen atoms in total. The molecule has 0 aliphatic carbocycles. The first kappa shape index (κ1) is 23.8. The lowest BCUT2D eigenvalue weighted by Gasteiger charge is -2.29. The van der Waals surface area contributed by atoms with Crippen LogP contribution in [-0.4, -0.2) is 60.4 Å². The number of β-amino-alcohol motifs (C(OH)–C–C–N with tert-alkyl or cyclic N) is 1. The van der Waals surface area contributed by atoms with Crippen LogP contribution in [0.2, 0.25) is 0 Å². The largest absolute Gasteiger partial charge is 0.493 e. The Kier molecular flexibility index (Phi) is 7.49. The summed E-state index contributed by atoms with van der Waals surface area (Å²) in [6.07, 6.45) is 4.00. The molecule has 1 saturated heterocycles. The summed E-state index contributed by atoms with van der Waals surface area (Å²) in [5, 5.41) is 13.9. The number of pyridine rings is 1. The molecule has 8 heteroatoms. The van der Waals surface area contributed by atoms with Gasteiger partial charge >= 0.3 is 0 Å². The van der Waals surface area contributed by atoms with Crippen molar-refractivity contribution >= 4 is 28.2 Å². The van der Waals surface area contributed by atoms with Crippen LogP contribution in [0.3, 0.4) is 0 Å². The van der Waals surface area contributed by atoms with Crippen LogP contribution in [0, 0.1) is 6.92 Å². The first-order valence-electron chi connectivity index (χ1n) is 11.6. The predicted octanol–water partition coefficient (Wildman–Crippen LogP) is 3.62. The molecular formula is C26H32N4O4. The first-order chi connectivity index (χ1) is 16.5. The summed E-state index contributed by atoms with van der Waals surface area (Å²) < 4.78 is 11.6. The lowest BCUT2D eigenvalue weighted by Crippen LogP contribution is -2.39. The minimum Gasteiger partial charge on any atom is -0.493 e. The highest BCUT2D eigenvalue weighted by Crippen LogP contribution is 2.37. The molecule has 34 heavy (non-hydrogen) atoms. The minimum absolute atomic E-state index is 0.228. The van der Waals surface area contributed by atoms with Gasteiger partial charge in [-0.05, 0) is 50.4 Å². The smallest absolute Gasteiger partial charge is 0.252 e. The predicted molar refractivity (Wildman–Crippen MR) is 133 cm³/mol. The van der Waals surface area contributed by atoms with E-state index in [0.717, 1.165) is 50.1 Å². The van der Waals surface area contributed by atoms with Gasteiger partial charge in [0.25, 0.3) is 5.91 Å². The summed E-state index contributed by atoms with van der Waals surface area (Å²) in [7, 11) is 1.59. The van der Waals surface area contributed by atoms with E-state index in [-0.39, 0.29) is 6.10 Å². The number of hydrogen-bond acceptors (Lipinski definition) is 7. The Morgan fingerprint density at radius 2 is 2.12 bits per heavy atom. The van der Waals surface area contributed by atoms with Gasteiger partial charge in [0.1, 0.15) is 0 Å². The Morgan fingerprint density at radius 3 is 2.85 bits per heavy atom. The van der Waals surface area contributed by atoms with E-state index in [4.69, 9.17) is 15.2 Å². The molecule has 2 aromatic carbocycles. The Morgan fingerprint density at radius 1 is 1.29 bits per heavy atom. The van der Waals surface area contributed by atoms with Crippen molar-refractivity contribution in [3.8, 4) is 11.5 Å². The molecule has 1 aromatic heterocycles. The number of aliphatic hydroxyl groups excluding tert-OH is 1. The molecule has 4 N–H and O–H groups in total. The molecule has 180 valence electrons. The van der Waals surface area contributed by atoms with E-state index in [1.807, 2.05) is 43.3 Å². The van der Waals surface area contributed by atoms with E-state index in [1.54, 1.807) is 7.11 Å². The molecule has 1 fully saturated rings. The first-order valence-corrected chi connectivity index (χ1v) is 11.6. The number of aromatic nitrogens is 1. The summed E-state index contributed by atoms with van der Waals surface area (Å²) in [6.45, 7) is 5.12. The van der Waals surface area contributed by atoms with E-state index >= 15 is 0 Å². The molecule has 1 aliphatic heterocycles. The van der Waals surface area contributed by atoms with Gasteiger partial charge in [0.2, 0.25) is 0 Å². The lowest BCUT2D eigenvalue weighted by molar-refractivity contribution is 0.0678. The summed E-state index contributed by atoms with van der Waals surface area (Å²) in [5.74, 6) is 0.583. The minimum atomic E-state index is -0.562. The molecule has 1 aliphatic rings. The number of likely N-dealkylation sites (tertiary alicyclic amines) is 1. The van der Waals surface area contributed by atoms with Gasteiger partial charge in [0.15, 0.2) is 11.5 Å². The van der Waals surface area contributed by atoms with Crippen LogP contribution in [0.5, 0.6) is 11.5 Å². The number of nitrogens with zero attached hydrogens (tertiary/aromatic N) is 2. The Labute approximate surface area is 199 Å². The quantitative estimate of drug-likeness (QED) is 0.415. The third-order valence-corrected chi connectivity index (χ3v) is 6.18. The molecule has 0 spiro atoms. The van der Waals surface area contributed by atoms with Crippen LogP contribution >= 0.6 is 0 Å². The molecule has 0 saturated carbocycles. The lowest BCUT2D eigenvalue weighted by atomic mass is 10.1. The molecule has 3 aromatic rings. The number of rotatable bonds is 9. The number of ether oxygens (including phenoxy) is 2. The van der Waals surface area contributed by atoms with Crippen molar-refractivity contribution in [1.29, 1.82) is 0 Å². The molecule has 1 atom stereocenters. The number of anilines is 2. The van der Waals surface area contributed by atoms with Gasteiger partial charge in [-0.25, -0.2) is 0 Å². The van der Waals surface area contributed by atoms with E-state index < -0.39 is 5.91 Å². The van der Waals surface area contributed by atoms with Gasteiger partial charge in [-0.2, -0.15) is 0 Å². The highest BCUT2D eigenvalue weighted by Gasteiger charge is 2.19. The van der Waals surface area contributed by atoms with Crippen molar-refractivity contribution in [2.24, 2.45) is 5.73 Å². The zero-order chi connectivity index (χ0) is 24.1. The number of nitrogens with one attached hydrogen (secondary N) is 1. The number of methoxy groups -OCH3 is 1. The van der Waals surface area contributed by atoms with Crippen molar-refractivity contribution in [2.75, 3.05) is 38.7 Å². The number of hydrogen-bond donors (Lipinski definition) is 3. The standard InChI is InChI=1S/C26H32N4O4/c1-17-7-3-4-9-21(17)29-25-19-13-23(33-2)24(14-22(19)28-15-20(25)26(27)32)34-12-6-11-30-10-5-8-18(31)16-30/h3-4,7,9,13-15,18,31H,5-6,8,10-12,16H2,1-2H3,(H2,27,32)(H,28,29). The molecule has 1 amide bonds. The maximum Gasteiger partial charge on any atom is 0.252 e. The fourth-order valence-corrected chi connectivity index (χ4v) is 4.35. The van der Waals surface area contributed by atoms with E-state index in [9.17, 15) is 9.90 Å². The van der Waals surface area contributed by atoms with E-state index in [2.05, 4.69) is 15.2 Å². The van der Waals surface area contributed by atoms with Crippen LogP contribution in [0.4, 0.5) is 11.4 Å². The molecule has 0 radical (unpaired) electrons. The number of carbonyl (C=O) groups is 1. The fourth-order valence-electron chi connectivity index (χ4n) is 4.35. The number of fused-ring (bicyclic) bond motifs is 1.